The van der Waals surface area contributed by atoms with E-state index in [-0.39, 0.29) is 0 Å². The van der Waals surface area contributed by atoms with Gasteiger partial charge in [0.25, 0.3) is 0 Å². The highest BCUT2D eigenvalue weighted by Crippen LogP contribution is 2.31. The Kier molecular flexibility index (Phi) is 3.16. The molecule has 1 nitrogen and oxygen atoms in total. The van der Waals surface area contributed by atoms with Crippen molar-refractivity contribution in [2.45, 2.75) is 6.92 Å². The van der Waals surface area contributed by atoms with Crippen molar-refractivity contribution in [1.82, 2.24) is 0 Å². The van der Waals surface area contributed by atoms with Crippen molar-refractivity contribution in [3.63, 3.8) is 0 Å². The molecule has 0 saturated carbocycles. The molecular formula is C16H14O. The van der Waals surface area contributed by atoms with Gasteiger partial charge in [-0.05, 0) is 30.7 Å². The Morgan fingerprint density at radius 3 is 2.59 bits per heavy atom. The van der Waals surface area contributed by atoms with Crippen LogP contribution in [-0.4, -0.2) is 7.11 Å². The third-order valence-electron chi connectivity index (χ3n) is 2.70. The Bertz CT molecular complexity index is 576. The van der Waals surface area contributed by atoms with Gasteiger partial charge in [0.1, 0.15) is 5.75 Å². The van der Waals surface area contributed by atoms with E-state index in [4.69, 9.17) is 11.2 Å². The Labute approximate surface area is 102 Å². The maximum absolute atomic E-state index is 5.43. The molecule has 0 N–H and O–H groups in total. The topological polar surface area (TPSA) is 9.23 Å². The summed E-state index contributed by atoms with van der Waals surface area (Å²) in [6.45, 7) is 2.07. The standard InChI is InChI=1S/C16H14O/c1-4-13-8-9-16(17-3)15(11-13)14-7-5-6-12(2)10-14/h1,5-11H,2-3H3. The predicted octanol–water partition coefficient (Wildman–Crippen LogP) is 3.65. The lowest BCUT2D eigenvalue weighted by Crippen LogP contribution is -1.89. The molecule has 0 radical (unpaired) electrons. The molecule has 1 heteroatoms. The van der Waals surface area contributed by atoms with E-state index in [9.17, 15) is 0 Å². The number of benzene rings is 2. The first kappa shape index (κ1) is 11.3. The zero-order valence-electron chi connectivity index (χ0n) is 10.0. The Morgan fingerprint density at radius 2 is 1.94 bits per heavy atom. The van der Waals surface area contributed by atoms with Crippen molar-refractivity contribution in [3.8, 4) is 29.2 Å². The summed E-state index contributed by atoms with van der Waals surface area (Å²) >= 11 is 0. The molecule has 0 aliphatic rings. The largest absolute Gasteiger partial charge is 0.496 e. The minimum Gasteiger partial charge on any atom is -0.496 e. The average Bonchev–Trinajstić information content (AvgIpc) is 2.38. The van der Waals surface area contributed by atoms with Crippen molar-refractivity contribution < 1.29 is 4.74 Å². The van der Waals surface area contributed by atoms with E-state index >= 15 is 0 Å². The van der Waals surface area contributed by atoms with Crippen LogP contribution in [0.4, 0.5) is 0 Å². The van der Waals surface area contributed by atoms with E-state index in [0.717, 1.165) is 22.4 Å². The number of aryl methyl sites for hydroxylation is 1. The van der Waals surface area contributed by atoms with Gasteiger partial charge in [0.2, 0.25) is 0 Å². The fraction of sp³-hybridized carbons (Fsp3) is 0.125. The van der Waals surface area contributed by atoms with E-state index in [1.165, 1.54) is 5.56 Å². The number of ether oxygens (including phenoxy) is 1. The quantitative estimate of drug-likeness (QED) is 0.705. The molecule has 0 heterocycles. The first-order valence-corrected chi connectivity index (χ1v) is 5.46. The summed E-state index contributed by atoms with van der Waals surface area (Å²) in [5.74, 6) is 3.49. The van der Waals surface area contributed by atoms with Gasteiger partial charge in [-0.2, -0.15) is 0 Å². The van der Waals surface area contributed by atoms with Crippen LogP contribution in [0.2, 0.25) is 0 Å². The first-order chi connectivity index (χ1) is 8.24. The van der Waals surface area contributed by atoms with Gasteiger partial charge in [0, 0.05) is 11.1 Å². The minimum atomic E-state index is 0.842. The molecule has 0 aliphatic carbocycles. The highest BCUT2D eigenvalue weighted by Gasteiger charge is 2.06. The summed E-state index contributed by atoms with van der Waals surface area (Å²) in [4.78, 5) is 0. The van der Waals surface area contributed by atoms with Crippen LogP contribution < -0.4 is 4.74 Å². The number of rotatable bonds is 2. The van der Waals surface area contributed by atoms with Crippen molar-refractivity contribution in [1.29, 1.82) is 0 Å². The van der Waals surface area contributed by atoms with Crippen LogP contribution in [0.3, 0.4) is 0 Å². The average molecular weight is 222 g/mol. The van der Waals surface area contributed by atoms with Crippen LogP contribution in [0.25, 0.3) is 11.1 Å². The zero-order valence-corrected chi connectivity index (χ0v) is 10.0. The molecule has 0 bridgehead atoms. The van der Waals surface area contributed by atoms with E-state index in [0.29, 0.717) is 0 Å². The molecule has 0 atom stereocenters. The molecule has 17 heavy (non-hydrogen) atoms. The van der Waals surface area contributed by atoms with Crippen LogP contribution in [0, 0.1) is 19.3 Å². The lowest BCUT2D eigenvalue weighted by atomic mass is 10.0. The van der Waals surface area contributed by atoms with Crippen molar-refractivity contribution >= 4 is 0 Å². The molecule has 0 aromatic heterocycles. The van der Waals surface area contributed by atoms with Gasteiger partial charge in [-0.1, -0.05) is 35.7 Å². The molecule has 84 valence electrons. The van der Waals surface area contributed by atoms with Gasteiger partial charge >= 0.3 is 0 Å². The van der Waals surface area contributed by atoms with Gasteiger partial charge in [-0.3, -0.25) is 0 Å². The van der Waals surface area contributed by atoms with Gasteiger partial charge < -0.3 is 4.74 Å². The molecule has 2 aromatic carbocycles. The van der Waals surface area contributed by atoms with Crippen LogP contribution in [-0.2, 0) is 0 Å². The summed E-state index contributed by atoms with van der Waals surface area (Å²) in [6, 6.07) is 14.1. The number of methoxy groups -OCH3 is 1. The molecule has 0 amide bonds. The van der Waals surface area contributed by atoms with Crippen molar-refractivity contribution in [2.75, 3.05) is 7.11 Å². The minimum absolute atomic E-state index is 0.842. The summed E-state index contributed by atoms with van der Waals surface area (Å²) in [5, 5.41) is 0. The normalized spacial score (nSPS) is 9.71. The molecule has 2 rings (SSSR count). The van der Waals surface area contributed by atoms with Gasteiger partial charge in [0.05, 0.1) is 7.11 Å². The Balaban J connectivity index is 2.61. The predicted molar refractivity (Wildman–Crippen MR) is 71.1 cm³/mol. The monoisotopic (exact) mass is 222 g/mol. The van der Waals surface area contributed by atoms with Gasteiger partial charge in [-0.25, -0.2) is 0 Å². The molecule has 0 unspecified atom stereocenters. The smallest absolute Gasteiger partial charge is 0.126 e. The first-order valence-electron chi connectivity index (χ1n) is 5.46. The fourth-order valence-corrected chi connectivity index (χ4v) is 1.84. The van der Waals surface area contributed by atoms with Gasteiger partial charge in [-0.15, -0.1) is 6.42 Å². The van der Waals surface area contributed by atoms with E-state index < -0.39 is 0 Å². The number of terminal acetylenes is 1. The van der Waals surface area contributed by atoms with Crippen molar-refractivity contribution in [3.05, 3.63) is 53.6 Å². The van der Waals surface area contributed by atoms with Crippen molar-refractivity contribution in [2.24, 2.45) is 0 Å². The van der Waals surface area contributed by atoms with Crippen LogP contribution in [0.1, 0.15) is 11.1 Å². The maximum Gasteiger partial charge on any atom is 0.126 e. The zero-order chi connectivity index (χ0) is 12.3. The summed E-state index contributed by atoms with van der Waals surface area (Å²) < 4.78 is 5.37. The van der Waals surface area contributed by atoms with Crippen LogP contribution in [0.15, 0.2) is 42.5 Å². The van der Waals surface area contributed by atoms with Crippen LogP contribution >= 0.6 is 0 Å². The highest BCUT2D eigenvalue weighted by molar-refractivity contribution is 5.72. The molecule has 2 aromatic rings. The molecule has 0 saturated heterocycles. The maximum atomic E-state index is 5.43. The summed E-state index contributed by atoms with van der Waals surface area (Å²) in [6.07, 6.45) is 5.43. The molecule has 0 fully saturated rings. The highest BCUT2D eigenvalue weighted by atomic mass is 16.5. The lowest BCUT2D eigenvalue weighted by Gasteiger charge is -2.09. The Hall–Kier alpha value is -2.20. The molecule has 0 spiro atoms. The van der Waals surface area contributed by atoms with E-state index in [1.807, 2.05) is 24.3 Å². The van der Waals surface area contributed by atoms with Gasteiger partial charge in [0.15, 0.2) is 0 Å². The second-order valence-corrected chi connectivity index (χ2v) is 3.93. The van der Waals surface area contributed by atoms with E-state index in [2.05, 4.69) is 31.0 Å². The third-order valence-corrected chi connectivity index (χ3v) is 2.70. The second-order valence-electron chi connectivity index (χ2n) is 3.93. The second kappa shape index (κ2) is 4.76. The fourth-order valence-electron chi connectivity index (χ4n) is 1.84. The lowest BCUT2D eigenvalue weighted by molar-refractivity contribution is 0.416. The van der Waals surface area contributed by atoms with Crippen LogP contribution in [0.5, 0.6) is 5.75 Å². The summed E-state index contributed by atoms with van der Waals surface area (Å²) in [5.41, 5.74) is 4.24. The number of hydrogen-bond donors (Lipinski definition) is 0. The SMILES string of the molecule is C#Cc1ccc(OC)c(-c2cccc(C)c2)c1. The van der Waals surface area contributed by atoms with E-state index in [1.54, 1.807) is 7.11 Å². The number of hydrogen-bond acceptors (Lipinski definition) is 1. The Morgan fingerprint density at radius 1 is 1.12 bits per heavy atom. The molecular weight excluding hydrogens is 208 g/mol. The third kappa shape index (κ3) is 2.32. The molecule has 0 aliphatic heterocycles. The summed E-state index contributed by atoms with van der Waals surface area (Å²) in [7, 11) is 1.67.